The van der Waals surface area contributed by atoms with Crippen LogP contribution in [0.5, 0.6) is 0 Å². The molecule has 1 fully saturated rings. The molecule has 2 aliphatic rings. The van der Waals surface area contributed by atoms with Crippen molar-refractivity contribution in [2.45, 2.75) is 64.6 Å². The number of halogens is 3. The molecule has 0 bridgehead atoms. The van der Waals surface area contributed by atoms with Crippen molar-refractivity contribution in [2.75, 3.05) is 6.61 Å². The van der Waals surface area contributed by atoms with Crippen LogP contribution < -0.4 is 5.73 Å². The number of benzene rings is 2. The molecule has 1 aliphatic heterocycles. The second-order valence-electron chi connectivity index (χ2n) is 13.1. The molecule has 3 heterocycles. The van der Waals surface area contributed by atoms with Crippen molar-refractivity contribution < 1.29 is 23.1 Å². The second kappa shape index (κ2) is 12.8. The normalized spacial score (nSPS) is 18.9. The molecule has 10 nitrogen and oxygen atoms in total. The highest BCUT2D eigenvalue weighted by molar-refractivity contribution is 7.09. The van der Waals surface area contributed by atoms with E-state index in [1.807, 2.05) is 20.8 Å². The van der Waals surface area contributed by atoms with E-state index in [9.17, 15) is 18.4 Å². The van der Waals surface area contributed by atoms with Crippen molar-refractivity contribution in [1.29, 1.82) is 0 Å². The van der Waals surface area contributed by atoms with Crippen molar-refractivity contribution in [3.8, 4) is 21.7 Å². The summed E-state index contributed by atoms with van der Waals surface area (Å²) in [5, 5.41) is 4.77. The molecule has 2 aromatic carbocycles. The molecule has 1 saturated carbocycles. The lowest BCUT2D eigenvalue weighted by molar-refractivity contribution is -0.148. The van der Waals surface area contributed by atoms with E-state index >= 15 is 0 Å². The number of carbonyl (C=O) groups is 2. The van der Waals surface area contributed by atoms with Crippen LogP contribution in [-0.2, 0) is 19.9 Å². The fraction of sp³-hybridized carbons (Fsp3) is 0.394. The summed E-state index contributed by atoms with van der Waals surface area (Å²) in [7, 11) is 0. The number of aliphatic imine (C=N–C) groups is 1. The number of carbonyl (C=O) groups excluding carboxylic acids is 2. The van der Waals surface area contributed by atoms with Gasteiger partial charge in [0.05, 0.1) is 17.3 Å². The maximum Gasteiger partial charge on any atom is 0.333 e. The quantitative estimate of drug-likeness (QED) is 0.169. The van der Waals surface area contributed by atoms with Crippen LogP contribution in [0.25, 0.3) is 21.7 Å². The van der Waals surface area contributed by atoms with Crippen LogP contribution in [0.3, 0.4) is 0 Å². The third-order valence-electron chi connectivity index (χ3n) is 8.24. The van der Waals surface area contributed by atoms with Gasteiger partial charge in [-0.25, -0.2) is 14.7 Å². The largest absolute Gasteiger partial charge is 0.463 e. The zero-order valence-electron chi connectivity index (χ0n) is 26.1. The van der Waals surface area contributed by atoms with Crippen molar-refractivity contribution in [3.05, 3.63) is 77.3 Å². The van der Waals surface area contributed by atoms with Crippen molar-refractivity contribution in [3.63, 3.8) is 0 Å². The Hall–Kier alpha value is -4.23. The van der Waals surface area contributed by atoms with Gasteiger partial charge in [-0.3, -0.25) is 14.5 Å². The summed E-state index contributed by atoms with van der Waals surface area (Å²) in [6.45, 7) is 3.12. The van der Waals surface area contributed by atoms with Gasteiger partial charge in [0.15, 0.2) is 11.5 Å². The molecular formula is C33H34ClF2N7O3S. The number of esters is 1. The van der Waals surface area contributed by atoms with E-state index in [2.05, 4.69) is 14.5 Å². The van der Waals surface area contributed by atoms with E-state index in [1.54, 1.807) is 42.5 Å². The van der Waals surface area contributed by atoms with Crippen LogP contribution in [0, 0.1) is 11.3 Å². The van der Waals surface area contributed by atoms with Crippen LogP contribution in [0.15, 0.2) is 66.2 Å². The highest BCUT2D eigenvalue weighted by Crippen LogP contribution is 2.46. The Kier molecular flexibility index (Phi) is 8.88. The number of aromatic nitrogens is 4. The average Bonchev–Trinajstić information content (AvgIpc) is 3.38. The zero-order chi connectivity index (χ0) is 33.5. The standard InChI is InChI=1S/C33H34ClF2N7O3S/c1-32(2,3)17-33(23-9-6-20(7-10-23)22-14-39-42(15-22)30(35)36)29(45)43(31(37)41-33)26(16-46-27(44)12-19-4-5-19)21-8-11-25(34)24(13-21)28-38-18-40-47-28/h6-11,13-15,18-19,26,30H,4-5,12,16-17H2,1-3H3,(H2,37,41)/t26-,33-/m1/s1. The second-order valence-corrected chi connectivity index (χ2v) is 14.3. The molecule has 2 aromatic heterocycles. The highest BCUT2D eigenvalue weighted by Gasteiger charge is 2.53. The fourth-order valence-corrected chi connectivity index (χ4v) is 6.74. The van der Waals surface area contributed by atoms with Gasteiger partial charge in [0.2, 0.25) is 0 Å². The maximum absolute atomic E-state index is 14.8. The number of alkyl halides is 2. The van der Waals surface area contributed by atoms with Crippen molar-refractivity contribution in [1.82, 2.24) is 24.0 Å². The van der Waals surface area contributed by atoms with Gasteiger partial charge in [-0.05, 0) is 71.0 Å². The summed E-state index contributed by atoms with van der Waals surface area (Å²) in [6, 6.07) is 11.5. The summed E-state index contributed by atoms with van der Waals surface area (Å²) >= 11 is 7.73. The maximum atomic E-state index is 14.8. The fourth-order valence-electron chi connectivity index (χ4n) is 5.92. The number of nitrogens with zero attached hydrogens (tertiary/aromatic N) is 6. The first kappa shape index (κ1) is 32.7. The molecule has 2 N–H and O–H groups in total. The molecule has 6 rings (SSSR count). The number of hydrogen-bond acceptors (Lipinski definition) is 9. The molecule has 2 atom stereocenters. The summed E-state index contributed by atoms with van der Waals surface area (Å²) in [6.07, 6.45) is 6.68. The zero-order valence-corrected chi connectivity index (χ0v) is 27.6. The third-order valence-corrected chi connectivity index (χ3v) is 9.27. The number of ether oxygens (including phenoxy) is 1. The lowest BCUT2D eigenvalue weighted by Crippen LogP contribution is -2.47. The van der Waals surface area contributed by atoms with E-state index in [0.717, 1.165) is 12.8 Å². The van der Waals surface area contributed by atoms with Crippen LogP contribution in [-0.4, -0.2) is 48.5 Å². The Morgan fingerprint density at radius 3 is 2.53 bits per heavy atom. The van der Waals surface area contributed by atoms with Crippen LogP contribution in [0.1, 0.15) is 70.2 Å². The van der Waals surface area contributed by atoms with Gasteiger partial charge in [0.25, 0.3) is 5.91 Å². The molecule has 0 unspecified atom stereocenters. The number of guanidine groups is 1. The Labute approximate surface area is 279 Å². The van der Waals surface area contributed by atoms with Crippen molar-refractivity contribution in [2.24, 2.45) is 22.1 Å². The molecule has 1 amide bonds. The summed E-state index contributed by atoms with van der Waals surface area (Å²) in [5.74, 6) is -0.409. The first-order valence-electron chi connectivity index (χ1n) is 15.2. The first-order valence-corrected chi connectivity index (χ1v) is 16.3. The Bertz CT molecular complexity index is 1800. The van der Waals surface area contributed by atoms with E-state index in [4.69, 9.17) is 27.1 Å². The van der Waals surface area contributed by atoms with Gasteiger partial charge >= 0.3 is 12.5 Å². The molecule has 4 aromatic rings. The van der Waals surface area contributed by atoms with Crippen LogP contribution in [0.4, 0.5) is 8.78 Å². The van der Waals surface area contributed by atoms with Gasteiger partial charge in [-0.15, -0.1) is 0 Å². The summed E-state index contributed by atoms with van der Waals surface area (Å²) < 4.78 is 36.7. The van der Waals surface area contributed by atoms with E-state index in [0.29, 0.717) is 61.3 Å². The Balaban J connectivity index is 1.38. The molecule has 14 heteroatoms. The molecule has 0 saturated heterocycles. The Morgan fingerprint density at radius 1 is 1.17 bits per heavy atom. The molecular weight excluding hydrogens is 648 g/mol. The third kappa shape index (κ3) is 6.91. The molecule has 0 spiro atoms. The van der Waals surface area contributed by atoms with Crippen molar-refractivity contribution >= 4 is 41.0 Å². The summed E-state index contributed by atoms with van der Waals surface area (Å²) in [5.41, 5.74) is 7.85. The first-order chi connectivity index (χ1) is 22.3. The predicted molar refractivity (Wildman–Crippen MR) is 175 cm³/mol. The minimum atomic E-state index is -2.76. The molecule has 246 valence electrons. The van der Waals surface area contributed by atoms with Gasteiger partial charge < -0.3 is 10.5 Å². The molecule has 1 aliphatic carbocycles. The lowest BCUT2D eigenvalue weighted by Gasteiger charge is -2.35. The minimum Gasteiger partial charge on any atom is -0.463 e. The van der Waals surface area contributed by atoms with Gasteiger partial charge in [0, 0.05) is 23.7 Å². The average molecular weight is 682 g/mol. The predicted octanol–water partition coefficient (Wildman–Crippen LogP) is 6.99. The van der Waals surface area contributed by atoms with Gasteiger partial charge in [0.1, 0.15) is 17.9 Å². The number of rotatable bonds is 11. The molecule has 0 radical (unpaired) electrons. The SMILES string of the molecule is CC(C)(C)C[C@]1(c2ccc(-c3cnn(C(F)F)c3)cc2)N=C(N)N([C@H](COC(=O)CC2CC2)c2ccc(Cl)c(-c3ncns3)c2)C1=O. The van der Waals surface area contributed by atoms with E-state index in [1.165, 1.54) is 35.2 Å². The monoisotopic (exact) mass is 681 g/mol. The number of nitrogens with two attached hydrogens (primary N) is 1. The van der Waals surface area contributed by atoms with Gasteiger partial charge in [-0.1, -0.05) is 62.7 Å². The van der Waals surface area contributed by atoms with Gasteiger partial charge in [-0.2, -0.15) is 18.3 Å². The smallest absolute Gasteiger partial charge is 0.333 e. The number of hydrogen-bond donors (Lipinski definition) is 1. The lowest BCUT2D eigenvalue weighted by atomic mass is 9.75. The molecule has 47 heavy (non-hydrogen) atoms. The van der Waals surface area contributed by atoms with Crippen LogP contribution in [0.2, 0.25) is 5.02 Å². The highest BCUT2D eigenvalue weighted by atomic mass is 35.5. The van der Waals surface area contributed by atoms with Crippen LogP contribution >= 0.6 is 23.1 Å². The Morgan fingerprint density at radius 2 is 1.91 bits per heavy atom. The van der Waals surface area contributed by atoms with E-state index < -0.39 is 18.1 Å². The number of amides is 1. The topological polar surface area (TPSA) is 129 Å². The van der Waals surface area contributed by atoms with E-state index in [-0.39, 0.29) is 29.9 Å². The minimum absolute atomic E-state index is 0.0165. The summed E-state index contributed by atoms with van der Waals surface area (Å²) in [4.78, 5) is 38.2.